The first-order valence-electron chi connectivity index (χ1n) is 4.29. The number of carbonyl (C=O) groups is 1. The predicted molar refractivity (Wildman–Crippen MR) is 61.7 cm³/mol. The number of hydrogen-bond donors (Lipinski definition) is 1. The summed E-state index contributed by atoms with van der Waals surface area (Å²) in [4.78, 5) is 10.2. The maximum absolute atomic E-state index is 10.2. The molecule has 1 rings (SSSR count). The van der Waals surface area contributed by atoms with Gasteiger partial charge in [-0.1, -0.05) is 28.0 Å². The van der Waals surface area contributed by atoms with Crippen molar-refractivity contribution >= 4 is 78.9 Å². The van der Waals surface area contributed by atoms with Crippen LogP contribution in [0, 0.1) is 0 Å². The number of carboxylic acid groups (broad SMARTS) is 1. The van der Waals surface area contributed by atoms with Crippen molar-refractivity contribution in [3.63, 3.8) is 0 Å². The molecule has 1 aliphatic rings. The SMILES string of the molecule is O=C(O)CCCCC1CCSS1.[KH]. The summed E-state index contributed by atoms with van der Waals surface area (Å²) in [5.41, 5.74) is 0. The van der Waals surface area contributed by atoms with Gasteiger partial charge in [-0.25, -0.2) is 0 Å². The minimum atomic E-state index is -0.663. The van der Waals surface area contributed by atoms with Crippen LogP contribution in [0.1, 0.15) is 32.1 Å². The topological polar surface area (TPSA) is 37.3 Å². The molecule has 0 aromatic carbocycles. The second-order valence-corrected chi connectivity index (χ2v) is 5.76. The van der Waals surface area contributed by atoms with Crippen molar-refractivity contribution < 1.29 is 9.90 Å². The summed E-state index contributed by atoms with van der Waals surface area (Å²) < 4.78 is 0. The van der Waals surface area contributed by atoms with Gasteiger partial charge in [0.1, 0.15) is 0 Å². The molecule has 0 aromatic rings. The van der Waals surface area contributed by atoms with E-state index in [-0.39, 0.29) is 51.4 Å². The zero-order valence-electron chi connectivity index (χ0n) is 6.99. The summed E-state index contributed by atoms with van der Waals surface area (Å²) >= 11 is 0. The van der Waals surface area contributed by atoms with Gasteiger partial charge in [-0.3, -0.25) is 4.79 Å². The van der Waals surface area contributed by atoms with Gasteiger partial charge in [0.25, 0.3) is 0 Å². The van der Waals surface area contributed by atoms with E-state index in [0.29, 0.717) is 6.42 Å². The van der Waals surface area contributed by atoms with Crippen LogP contribution >= 0.6 is 21.6 Å². The van der Waals surface area contributed by atoms with Crippen LogP contribution in [0.5, 0.6) is 0 Å². The molecule has 0 saturated carbocycles. The molecule has 1 unspecified atom stereocenters. The summed E-state index contributed by atoms with van der Waals surface area (Å²) in [5.74, 6) is 0.609. The molecule has 0 aromatic heterocycles. The molecule has 13 heavy (non-hydrogen) atoms. The van der Waals surface area contributed by atoms with Gasteiger partial charge in [0.15, 0.2) is 0 Å². The molecule has 0 amide bonds. The zero-order valence-corrected chi connectivity index (χ0v) is 8.62. The van der Waals surface area contributed by atoms with Crippen LogP contribution in [-0.2, 0) is 4.79 Å². The summed E-state index contributed by atoms with van der Waals surface area (Å²) in [6.07, 6.45) is 4.76. The van der Waals surface area contributed by atoms with E-state index in [0.717, 1.165) is 18.1 Å². The molecule has 1 aliphatic heterocycles. The fourth-order valence-corrected chi connectivity index (χ4v) is 4.24. The second kappa shape index (κ2) is 9.06. The van der Waals surface area contributed by atoms with Crippen LogP contribution in [0.3, 0.4) is 0 Å². The molecule has 1 saturated heterocycles. The van der Waals surface area contributed by atoms with E-state index in [2.05, 4.69) is 0 Å². The van der Waals surface area contributed by atoms with E-state index in [9.17, 15) is 4.79 Å². The third-order valence-electron chi connectivity index (χ3n) is 1.89. The number of unbranched alkanes of at least 4 members (excludes halogenated alkanes) is 1. The summed E-state index contributed by atoms with van der Waals surface area (Å²) in [7, 11) is 3.92. The van der Waals surface area contributed by atoms with E-state index in [1.807, 2.05) is 21.6 Å². The van der Waals surface area contributed by atoms with Crippen LogP contribution in [0.15, 0.2) is 0 Å². The number of rotatable bonds is 5. The Bertz CT molecular complexity index is 149. The molecule has 2 nitrogen and oxygen atoms in total. The normalized spacial score (nSPS) is 21.1. The molecule has 5 heteroatoms. The molecule has 0 aliphatic carbocycles. The molecular weight excluding hydrogens is 231 g/mol. The summed E-state index contributed by atoms with van der Waals surface area (Å²) in [5, 5.41) is 9.19. The molecule has 1 fully saturated rings. The third kappa shape index (κ3) is 7.70. The molecule has 1 N–H and O–H groups in total. The van der Waals surface area contributed by atoms with Gasteiger partial charge in [0.05, 0.1) is 0 Å². The van der Waals surface area contributed by atoms with Gasteiger partial charge in [-0.2, -0.15) is 0 Å². The van der Waals surface area contributed by atoms with Gasteiger partial charge in [0.2, 0.25) is 0 Å². The van der Waals surface area contributed by atoms with E-state index >= 15 is 0 Å². The van der Waals surface area contributed by atoms with Crippen molar-refractivity contribution in [2.24, 2.45) is 0 Å². The molecule has 1 atom stereocenters. The Morgan fingerprint density at radius 1 is 1.46 bits per heavy atom. The molecular formula is C8H15KO2S2. The molecule has 0 spiro atoms. The van der Waals surface area contributed by atoms with E-state index in [1.165, 1.54) is 18.6 Å². The first-order valence-corrected chi connectivity index (χ1v) is 6.67. The number of aliphatic carboxylic acids is 1. The van der Waals surface area contributed by atoms with Crippen molar-refractivity contribution in [2.75, 3.05) is 5.75 Å². The Morgan fingerprint density at radius 2 is 2.23 bits per heavy atom. The molecule has 0 bridgehead atoms. The van der Waals surface area contributed by atoms with Crippen molar-refractivity contribution in [3.8, 4) is 0 Å². The summed E-state index contributed by atoms with van der Waals surface area (Å²) in [6, 6.07) is 0. The van der Waals surface area contributed by atoms with Crippen LogP contribution in [0.25, 0.3) is 0 Å². The molecule has 0 radical (unpaired) electrons. The zero-order chi connectivity index (χ0) is 8.81. The monoisotopic (exact) mass is 246 g/mol. The van der Waals surface area contributed by atoms with Gasteiger partial charge in [0, 0.05) is 17.4 Å². The summed E-state index contributed by atoms with van der Waals surface area (Å²) in [6.45, 7) is 0. The van der Waals surface area contributed by atoms with E-state index in [4.69, 9.17) is 5.11 Å². The molecule has 1 heterocycles. The van der Waals surface area contributed by atoms with Crippen molar-refractivity contribution in [3.05, 3.63) is 0 Å². The Morgan fingerprint density at radius 3 is 2.77 bits per heavy atom. The fraction of sp³-hybridized carbons (Fsp3) is 0.875. The van der Waals surface area contributed by atoms with Gasteiger partial charge < -0.3 is 5.11 Å². The number of hydrogen-bond acceptors (Lipinski definition) is 3. The Labute approximate surface area is 130 Å². The molecule has 72 valence electrons. The van der Waals surface area contributed by atoms with Crippen molar-refractivity contribution in [1.82, 2.24) is 0 Å². The van der Waals surface area contributed by atoms with E-state index < -0.39 is 5.97 Å². The maximum atomic E-state index is 10.2. The Kier molecular flexibility index (Phi) is 10.3. The standard InChI is InChI=1S/C8H14O2S2.K.H/c9-8(10)4-2-1-3-7-5-6-11-12-7;;/h7H,1-6H2,(H,9,10);;. The Hall–Kier alpha value is 1.81. The predicted octanol–water partition coefficient (Wildman–Crippen LogP) is 2.14. The van der Waals surface area contributed by atoms with Crippen LogP contribution in [0.4, 0.5) is 0 Å². The van der Waals surface area contributed by atoms with Gasteiger partial charge in [-0.15, -0.1) is 0 Å². The van der Waals surface area contributed by atoms with Crippen LogP contribution < -0.4 is 0 Å². The average Bonchev–Trinajstić information content (AvgIpc) is 2.49. The van der Waals surface area contributed by atoms with Gasteiger partial charge >= 0.3 is 57.4 Å². The third-order valence-corrected chi connectivity index (χ3v) is 4.90. The minimum absolute atomic E-state index is 0. The van der Waals surface area contributed by atoms with Crippen molar-refractivity contribution in [1.29, 1.82) is 0 Å². The first kappa shape index (κ1) is 14.8. The first-order chi connectivity index (χ1) is 5.79. The quantitative estimate of drug-likeness (QED) is 0.458. The Balaban J connectivity index is 0.00000144. The van der Waals surface area contributed by atoms with E-state index in [1.54, 1.807) is 0 Å². The fourth-order valence-electron chi connectivity index (χ4n) is 1.21. The number of carboxylic acids is 1. The van der Waals surface area contributed by atoms with Crippen LogP contribution in [0.2, 0.25) is 0 Å². The van der Waals surface area contributed by atoms with Crippen molar-refractivity contribution in [2.45, 2.75) is 37.4 Å². The van der Waals surface area contributed by atoms with Gasteiger partial charge in [-0.05, 0) is 19.3 Å². The second-order valence-electron chi connectivity index (χ2n) is 2.97. The van der Waals surface area contributed by atoms with Crippen LogP contribution in [-0.4, -0.2) is 73.5 Å². The average molecular weight is 246 g/mol.